The first-order chi connectivity index (χ1) is 16.9. The average Bonchev–Trinajstić information content (AvgIpc) is 3.43. The van der Waals surface area contributed by atoms with Crippen LogP contribution in [-0.2, 0) is 9.53 Å². The highest BCUT2D eigenvalue weighted by Crippen LogP contribution is 2.44. The van der Waals surface area contributed by atoms with Crippen molar-refractivity contribution in [3.63, 3.8) is 0 Å². The monoisotopic (exact) mass is 491 g/mol. The van der Waals surface area contributed by atoms with Crippen molar-refractivity contribution in [3.05, 3.63) is 75.7 Å². The van der Waals surface area contributed by atoms with Crippen LogP contribution in [0.15, 0.2) is 53.9 Å². The van der Waals surface area contributed by atoms with Crippen LogP contribution in [0.4, 0.5) is 4.79 Å². The van der Waals surface area contributed by atoms with Gasteiger partial charge in [0.25, 0.3) is 5.91 Å². The van der Waals surface area contributed by atoms with Gasteiger partial charge in [-0.05, 0) is 42.0 Å². The van der Waals surface area contributed by atoms with Crippen LogP contribution in [0, 0.1) is 5.92 Å². The van der Waals surface area contributed by atoms with Crippen LogP contribution < -0.4 is 10.6 Å². The van der Waals surface area contributed by atoms with Gasteiger partial charge in [-0.2, -0.15) is 0 Å². The number of alkyl carbamates (subject to hydrolysis) is 1. The van der Waals surface area contributed by atoms with E-state index in [9.17, 15) is 14.4 Å². The molecule has 1 atom stereocenters. The number of nitrogens with one attached hydrogen (secondary N) is 2. The summed E-state index contributed by atoms with van der Waals surface area (Å²) in [5.74, 6) is -1.59. The fourth-order valence-corrected chi connectivity index (χ4v) is 5.47. The van der Waals surface area contributed by atoms with Gasteiger partial charge in [-0.3, -0.25) is 9.59 Å². The zero-order valence-electron chi connectivity index (χ0n) is 19.1. The van der Waals surface area contributed by atoms with Crippen molar-refractivity contribution >= 4 is 29.3 Å². The molecular weight excluding hydrogens is 466 g/mol. The number of rotatable bonds is 7. The number of carbonyl (C=O) groups is 3. The first kappa shape index (κ1) is 23.0. The van der Waals surface area contributed by atoms with Crippen molar-refractivity contribution in [3.8, 4) is 11.1 Å². The Kier molecular flexibility index (Phi) is 6.25. The first-order valence-corrected chi connectivity index (χ1v) is 12.4. The number of carboxylic acids is 1. The van der Waals surface area contributed by atoms with E-state index in [4.69, 9.17) is 9.84 Å². The summed E-state index contributed by atoms with van der Waals surface area (Å²) in [7, 11) is 0. The second kappa shape index (κ2) is 9.50. The third kappa shape index (κ3) is 4.64. The van der Waals surface area contributed by atoms with Crippen LogP contribution in [0.25, 0.3) is 11.1 Å². The normalized spacial score (nSPS) is 19.1. The molecule has 0 spiro atoms. The van der Waals surface area contributed by atoms with Crippen LogP contribution in [0.3, 0.4) is 0 Å². The van der Waals surface area contributed by atoms with Gasteiger partial charge in [0, 0.05) is 17.3 Å². The highest BCUT2D eigenvalue weighted by atomic mass is 32.1. The zero-order valence-corrected chi connectivity index (χ0v) is 19.9. The number of fused-ring (bicyclic) bond motifs is 3. The molecule has 3 aromatic rings. The maximum absolute atomic E-state index is 12.5. The summed E-state index contributed by atoms with van der Waals surface area (Å²) in [6, 6.07) is 15.7. The Bertz CT molecular complexity index is 1240. The molecule has 2 aliphatic carbocycles. The van der Waals surface area contributed by atoms with Crippen molar-refractivity contribution in [1.29, 1.82) is 0 Å². The van der Waals surface area contributed by atoms with Crippen LogP contribution >= 0.6 is 11.3 Å². The average molecular weight is 492 g/mol. The highest BCUT2D eigenvalue weighted by molar-refractivity contribution is 7.09. The highest BCUT2D eigenvalue weighted by Gasteiger charge is 2.35. The number of hydrogen-bond donors (Lipinski definition) is 3. The molecule has 1 saturated carbocycles. The predicted octanol–water partition coefficient (Wildman–Crippen LogP) is 4.34. The smallest absolute Gasteiger partial charge is 0.407 e. The van der Waals surface area contributed by atoms with Crippen molar-refractivity contribution in [2.75, 3.05) is 6.61 Å². The van der Waals surface area contributed by atoms with E-state index in [1.54, 1.807) is 12.3 Å². The van der Waals surface area contributed by atoms with Crippen molar-refractivity contribution < 1.29 is 24.2 Å². The Labute approximate surface area is 206 Å². The minimum absolute atomic E-state index is 0.0224. The Hall–Kier alpha value is -3.72. The molecule has 35 heavy (non-hydrogen) atoms. The summed E-state index contributed by atoms with van der Waals surface area (Å²) >= 11 is 1.27. The molecule has 0 aliphatic heterocycles. The van der Waals surface area contributed by atoms with Crippen LogP contribution in [0.2, 0.25) is 0 Å². The number of hydrogen-bond acceptors (Lipinski definition) is 6. The summed E-state index contributed by atoms with van der Waals surface area (Å²) in [4.78, 5) is 40.2. The molecule has 2 amide bonds. The fraction of sp³-hybridized carbons (Fsp3) is 0.308. The number of aromatic nitrogens is 1. The Balaban J connectivity index is 1.15. The molecule has 0 saturated heterocycles. The van der Waals surface area contributed by atoms with E-state index >= 15 is 0 Å². The van der Waals surface area contributed by atoms with E-state index in [2.05, 4.69) is 39.9 Å². The summed E-state index contributed by atoms with van der Waals surface area (Å²) in [5, 5.41) is 16.8. The number of carboxylic acid groups (broad SMARTS) is 1. The standard InChI is InChI=1S/C26H25N3O5S/c1-14(24-29-22(13-35-24)23(30)28-16-10-15(11-16)25(31)32)27-26(33)34-12-21-19-8-4-2-6-17(19)18-7-3-5-9-20(18)21/h2-9,13-16,21H,10-12H2,1H3,(H,27,33)(H,28,30)(H,31,32). The Morgan fingerprint density at radius 2 is 1.71 bits per heavy atom. The van der Waals surface area contributed by atoms with Crippen molar-refractivity contribution in [2.45, 2.75) is 37.8 Å². The van der Waals surface area contributed by atoms with E-state index in [-0.39, 0.29) is 30.2 Å². The van der Waals surface area contributed by atoms with E-state index in [0.717, 1.165) is 11.1 Å². The summed E-state index contributed by atoms with van der Waals surface area (Å²) in [5.41, 5.74) is 4.88. The molecule has 1 heterocycles. The number of nitrogens with zero attached hydrogens (tertiary/aromatic N) is 1. The van der Waals surface area contributed by atoms with Gasteiger partial charge in [-0.15, -0.1) is 11.3 Å². The second-order valence-corrected chi connectivity index (χ2v) is 9.83. The van der Waals surface area contributed by atoms with E-state index in [1.807, 2.05) is 24.3 Å². The molecular formula is C26H25N3O5S. The molecule has 3 N–H and O–H groups in total. The van der Waals surface area contributed by atoms with Gasteiger partial charge in [0.05, 0.1) is 12.0 Å². The molecule has 0 radical (unpaired) electrons. The molecule has 8 nitrogen and oxygen atoms in total. The number of amides is 2. The lowest BCUT2D eigenvalue weighted by Crippen LogP contribution is -2.46. The third-order valence-electron chi connectivity index (χ3n) is 6.63. The zero-order chi connectivity index (χ0) is 24.5. The van der Waals surface area contributed by atoms with Gasteiger partial charge in [0.15, 0.2) is 0 Å². The SMILES string of the molecule is CC(NC(=O)OCC1c2ccccc2-c2ccccc21)c1nc(C(=O)NC2CC(C(=O)O)C2)cs1. The van der Waals surface area contributed by atoms with Crippen LogP contribution in [-0.4, -0.2) is 40.7 Å². The van der Waals surface area contributed by atoms with Crippen molar-refractivity contribution in [2.24, 2.45) is 5.92 Å². The lowest BCUT2D eigenvalue weighted by molar-refractivity contribution is -0.145. The number of aliphatic carboxylic acids is 1. The lowest BCUT2D eigenvalue weighted by atomic mass is 9.80. The molecule has 1 aromatic heterocycles. The maximum Gasteiger partial charge on any atom is 0.407 e. The molecule has 2 aromatic carbocycles. The lowest BCUT2D eigenvalue weighted by Gasteiger charge is -2.32. The number of benzene rings is 2. The minimum atomic E-state index is -0.834. The molecule has 2 aliphatic rings. The van der Waals surface area contributed by atoms with Crippen molar-refractivity contribution in [1.82, 2.24) is 15.6 Å². The first-order valence-electron chi connectivity index (χ1n) is 11.5. The number of carbonyl (C=O) groups excluding carboxylic acids is 2. The molecule has 9 heteroatoms. The molecule has 5 rings (SSSR count). The van der Waals surface area contributed by atoms with Gasteiger partial charge < -0.3 is 20.5 Å². The second-order valence-electron chi connectivity index (χ2n) is 8.94. The number of ether oxygens (including phenoxy) is 1. The van der Waals surface area contributed by atoms with E-state index < -0.39 is 24.0 Å². The Morgan fingerprint density at radius 3 is 2.34 bits per heavy atom. The van der Waals surface area contributed by atoms with Crippen LogP contribution in [0.5, 0.6) is 0 Å². The number of thiazole rings is 1. The van der Waals surface area contributed by atoms with E-state index in [0.29, 0.717) is 17.8 Å². The molecule has 0 bridgehead atoms. The third-order valence-corrected chi connectivity index (χ3v) is 7.65. The minimum Gasteiger partial charge on any atom is -0.481 e. The Morgan fingerprint density at radius 1 is 1.09 bits per heavy atom. The largest absolute Gasteiger partial charge is 0.481 e. The van der Waals surface area contributed by atoms with Gasteiger partial charge in [-0.25, -0.2) is 9.78 Å². The fourth-order valence-electron chi connectivity index (χ4n) is 4.67. The maximum atomic E-state index is 12.5. The van der Waals surface area contributed by atoms with Gasteiger partial charge in [0.2, 0.25) is 0 Å². The topological polar surface area (TPSA) is 118 Å². The summed E-state index contributed by atoms with van der Waals surface area (Å²) in [6.45, 7) is 2.00. The molecule has 180 valence electrons. The van der Waals surface area contributed by atoms with Crippen LogP contribution in [0.1, 0.15) is 58.3 Å². The van der Waals surface area contributed by atoms with Gasteiger partial charge >= 0.3 is 12.1 Å². The van der Waals surface area contributed by atoms with E-state index in [1.165, 1.54) is 22.5 Å². The summed E-state index contributed by atoms with van der Waals surface area (Å²) in [6.07, 6.45) is 0.310. The molecule has 1 fully saturated rings. The molecule has 1 unspecified atom stereocenters. The predicted molar refractivity (Wildman–Crippen MR) is 130 cm³/mol. The van der Waals surface area contributed by atoms with Gasteiger partial charge in [-0.1, -0.05) is 48.5 Å². The van der Waals surface area contributed by atoms with Gasteiger partial charge in [0.1, 0.15) is 17.3 Å². The quantitative estimate of drug-likeness (QED) is 0.453. The summed E-state index contributed by atoms with van der Waals surface area (Å²) < 4.78 is 5.59.